The van der Waals surface area contributed by atoms with Crippen LogP contribution in [0.25, 0.3) is 21.9 Å². The molecule has 0 atom stereocenters. The number of carbonyl (C=O) groups is 1. The summed E-state index contributed by atoms with van der Waals surface area (Å²) in [6.45, 7) is 5.11. The summed E-state index contributed by atoms with van der Waals surface area (Å²) in [5.74, 6) is 0.399. The Morgan fingerprint density at radius 2 is 1.63 bits per heavy atom. The number of benzene rings is 3. The second kappa shape index (κ2) is 6.71. The molecule has 0 fully saturated rings. The van der Waals surface area contributed by atoms with Gasteiger partial charge in [-0.1, -0.05) is 30.3 Å². The average molecular weight is 362 g/mol. The van der Waals surface area contributed by atoms with Gasteiger partial charge < -0.3 is 14.2 Å². The molecule has 4 rings (SSSR count). The summed E-state index contributed by atoms with van der Waals surface area (Å²) in [5, 5.41) is 2.14. The molecule has 0 N–H and O–H groups in total. The van der Waals surface area contributed by atoms with Crippen molar-refractivity contribution in [3.63, 3.8) is 0 Å². The summed E-state index contributed by atoms with van der Waals surface area (Å²) in [4.78, 5) is 12.8. The molecule has 4 nitrogen and oxygen atoms in total. The highest BCUT2D eigenvalue weighted by Gasteiger charge is 2.29. The van der Waals surface area contributed by atoms with E-state index in [2.05, 4.69) is 19.1 Å². The third-order valence-corrected chi connectivity index (χ3v) is 5.51. The van der Waals surface area contributed by atoms with E-state index in [0.717, 1.165) is 49.9 Å². The van der Waals surface area contributed by atoms with Crippen molar-refractivity contribution in [3.8, 4) is 16.9 Å². The fourth-order valence-corrected chi connectivity index (χ4v) is 4.12. The van der Waals surface area contributed by atoms with Gasteiger partial charge in [-0.2, -0.15) is 0 Å². The Balaban J connectivity index is 2.19. The van der Waals surface area contributed by atoms with Crippen molar-refractivity contribution in [2.75, 3.05) is 14.2 Å². The van der Waals surface area contributed by atoms with Crippen molar-refractivity contribution in [1.82, 2.24) is 0 Å². The maximum Gasteiger partial charge on any atom is 0.338 e. The molecule has 1 aliphatic heterocycles. The van der Waals surface area contributed by atoms with E-state index >= 15 is 0 Å². The molecular formula is C23H22O4. The van der Waals surface area contributed by atoms with Gasteiger partial charge in [-0.15, -0.1) is 0 Å². The molecule has 0 aromatic heterocycles. The van der Waals surface area contributed by atoms with Gasteiger partial charge in [-0.25, -0.2) is 4.79 Å². The van der Waals surface area contributed by atoms with Crippen LogP contribution in [0.3, 0.4) is 0 Å². The molecule has 3 aromatic carbocycles. The Bertz CT molecular complexity index is 1070. The first kappa shape index (κ1) is 17.6. The molecule has 1 heterocycles. The molecule has 4 heteroatoms. The Morgan fingerprint density at radius 1 is 0.926 bits per heavy atom. The lowest BCUT2D eigenvalue weighted by atomic mass is 9.83. The van der Waals surface area contributed by atoms with Crippen LogP contribution >= 0.6 is 0 Å². The number of esters is 1. The normalized spacial score (nSPS) is 12.9. The van der Waals surface area contributed by atoms with E-state index in [1.165, 1.54) is 7.11 Å². The third-order valence-electron chi connectivity index (χ3n) is 5.51. The van der Waals surface area contributed by atoms with Crippen molar-refractivity contribution in [1.29, 1.82) is 0 Å². The predicted octanol–water partition coefficient (Wildman–Crippen LogP) is 4.95. The number of ether oxygens (including phenoxy) is 3. The first-order valence-corrected chi connectivity index (χ1v) is 8.95. The van der Waals surface area contributed by atoms with E-state index in [9.17, 15) is 4.79 Å². The minimum atomic E-state index is -0.338. The van der Waals surface area contributed by atoms with E-state index in [1.54, 1.807) is 7.11 Å². The third kappa shape index (κ3) is 2.60. The second-order valence-electron chi connectivity index (χ2n) is 6.81. The van der Waals surface area contributed by atoms with Gasteiger partial charge >= 0.3 is 5.97 Å². The van der Waals surface area contributed by atoms with E-state index in [-0.39, 0.29) is 5.97 Å². The largest absolute Gasteiger partial charge is 0.496 e. The molecule has 0 radical (unpaired) electrons. The lowest BCUT2D eigenvalue weighted by molar-refractivity contribution is 0.0600. The number of rotatable bonds is 3. The van der Waals surface area contributed by atoms with Crippen LogP contribution in [0.2, 0.25) is 0 Å². The van der Waals surface area contributed by atoms with Crippen LogP contribution in [0.5, 0.6) is 5.75 Å². The van der Waals surface area contributed by atoms with E-state index < -0.39 is 0 Å². The molecule has 0 saturated heterocycles. The van der Waals surface area contributed by atoms with Gasteiger partial charge in [0.25, 0.3) is 0 Å². The Hall–Kier alpha value is -2.85. The quantitative estimate of drug-likeness (QED) is 0.619. The van der Waals surface area contributed by atoms with Gasteiger partial charge in [0.1, 0.15) is 5.75 Å². The highest BCUT2D eigenvalue weighted by molar-refractivity contribution is 6.08. The van der Waals surface area contributed by atoms with E-state index in [0.29, 0.717) is 18.8 Å². The number of hydrogen-bond acceptors (Lipinski definition) is 4. The fourth-order valence-electron chi connectivity index (χ4n) is 4.12. The molecule has 1 aliphatic rings. The van der Waals surface area contributed by atoms with Crippen LogP contribution in [0, 0.1) is 13.8 Å². The molecule has 3 aromatic rings. The predicted molar refractivity (Wildman–Crippen MR) is 105 cm³/mol. The summed E-state index contributed by atoms with van der Waals surface area (Å²) in [6, 6.07) is 12.1. The lowest BCUT2D eigenvalue weighted by Crippen LogP contribution is -2.11. The van der Waals surface area contributed by atoms with Crippen molar-refractivity contribution < 1.29 is 19.0 Å². The summed E-state index contributed by atoms with van der Waals surface area (Å²) >= 11 is 0. The summed E-state index contributed by atoms with van der Waals surface area (Å²) in [7, 11) is 3.08. The molecule has 138 valence electrons. The van der Waals surface area contributed by atoms with Crippen LogP contribution in [0.15, 0.2) is 36.4 Å². The highest BCUT2D eigenvalue weighted by atomic mass is 16.5. The van der Waals surface area contributed by atoms with Crippen LogP contribution in [0.4, 0.5) is 0 Å². The minimum Gasteiger partial charge on any atom is -0.496 e. The van der Waals surface area contributed by atoms with Gasteiger partial charge in [0.05, 0.1) is 33.0 Å². The number of fused-ring (bicyclic) bond motifs is 2. The van der Waals surface area contributed by atoms with Gasteiger partial charge in [0, 0.05) is 11.1 Å². The molecule has 0 bridgehead atoms. The topological polar surface area (TPSA) is 44.8 Å². The van der Waals surface area contributed by atoms with Crippen LogP contribution < -0.4 is 4.74 Å². The molecule has 0 aliphatic carbocycles. The maximum absolute atomic E-state index is 12.8. The highest BCUT2D eigenvalue weighted by Crippen LogP contribution is 2.45. The first-order valence-electron chi connectivity index (χ1n) is 8.95. The maximum atomic E-state index is 12.8. The number of hydrogen-bond donors (Lipinski definition) is 0. The summed E-state index contributed by atoms with van der Waals surface area (Å²) in [6.07, 6.45) is 0. The van der Waals surface area contributed by atoms with Crippen LogP contribution in [-0.2, 0) is 22.7 Å². The molecule has 27 heavy (non-hydrogen) atoms. The zero-order valence-corrected chi connectivity index (χ0v) is 16.0. The van der Waals surface area contributed by atoms with E-state index in [1.807, 2.05) is 31.2 Å². The Morgan fingerprint density at radius 3 is 2.33 bits per heavy atom. The van der Waals surface area contributed by atoms with Gasteiger partial charge in [-0.05, 0) is 52.9 Å². The van der Waals surface area contributed by atoms with Crippen molar-refractivity contribution in [2.24, 2.45) is 0 Å². The van der Waals surface area contributed by atoms with Crippen molar-refractivity contribution >= 4 is 16.7 Å². The van der Waals surface area contributed by atoms with Gasteiger partial charge in [0.15, 0.2) is 0 Å². The molecule has 0 saturated carbocycles. The monoisotopic (exact) mass is 362 g/mol. The zero-order valence-electron chi connectivity index (χ0n) is 16.0. The van der Waals surface area contributed by atoms with Crippen molar-refractivity contribution in [2.45, 2.75) is 27.1 Å². The van der Waals surface area contributed by atoms with Crippen LogP contribution in [-0.4, -0.2) is 20.2 Å². The van der Waals surface area contributed by atoms with E-state index in [4.69, 9.17) is 14.2 Å². The SMILES string of the molecule is COC(=O)c1c(C)c2c(c(C)c1-c1c(OC)ccc3ccccc13)COC2. The lowest BCUT2D eigenvalue weighted by Gasteiger charge is -2.21. The summed E-state index contributed by atoms with van der Waals surface area (Å²) < 4.78 is 16.6. The standard InChI is InChI=1S/C23H22O4/c1-13-17-11-27-12-18(17)14(2)21(23(24)26-4)20(13)22-16-8-6-5-7-15(16)9-10-19(22)25-3/h5-10H,11-12H2,1-4H3. The second-order valence-corrected chi connectivity index (χ2v) is 6.81. The number of carbonyl (C=O) groups excluding carboxylic acids is 1. The Kier molecular flexibility index (Phi) is 4.36. The van der Waals surface area contributed by atoms with Gasteiger partial charge in [-0.3, -0.25) is 0 Å². The molecule has 0 spiro atoms. The molecule has 0 unspecified atom stereocenters. The minimum absolute atomic E-state index is 0.338. The zero-order chi connectivity index (χ0) is 19.1. The van der Waals surface area contributed by atoms with Crippen LogP contribution in [0.1, 0.15) is 32.6 Å². The fraction of sp³-hybridized carbons (Fsp3) is 0.261. The van der Waals surface area contributed by atoms with Crippen molar-refractivity contribution in [3.05, 3.63) is 64.2 Å². The number of methoxy groups -OCH3 is 2. The summed E-state index contributed by atoms with van der Waals surface area (Å²) in [5.41, 5.74) is 6.60. The first-order chi connectivity index (χ1) is 13.1. The Labute approximate surface area is 158 Å². The average Bonchev–Trinajstić information content (AvgIpc) is 3.20. The van der Waals surface area contributed by atoms with Gasteiger partial charge in [0.2, 0.25) is 0 Å². The smallest absolute Gasteiger partial charge is 0.338 e. The molecule has 0 amide bonds. The molecular weight excluding hydrogens is 340 g/mol.